The van der Waals surface area contributed by atoms with Crippen molar-refractivity contribution in [3.63, 3.8) is 0 Å². The fraction of sp³-hybridized carbons (Fsp3) is 0.357. The molecule has 0 bridgehead atoms. The lowest BCUT2D eigenvalue weighted by Gasteiger charge is -2.08. The third kappa shape index (κ3) is 2.64. The Hall–Kier alpha value is -2.37. The lowest BCUT2D eigenvalue weighted by Crippen LogP contribution is -2.31. The van der Waals surface area contributed by atoms with Crippen LogP contribution in [0.25, 0.3) is 0 Å². The Balaban J connectivity index is 1.57. The number of aromatic amines is 1. The lowest BCUT2D eigenvalue weighted by atomic mass is 10.2. The molecule has 6 heteroatoms. The van der Waals surface area contributed by atoms with Crippen molar-refractivity contribution in [1.82, 2.24) is 19.9 Å². The van der Waals surface area contributed by atoms with Crippen molar-refractivity contribution in [1.29, 1.82) is 0 Å². The second-order valence-electron chi connectivity index (χ2n) is 4.92. The van der Waals surface area contributed by atoms with Crippen LogP contribution in [-0.2, 0) is 6.54 Å². The van der Waals surface area contributed by atoms with Gasteiger partial charge in [0.2, 0.25) is 0 Å². The molecule has 3 rings (SSSR count). The summed E-state index contributed by atoms with van der Waals surface area (Å²) in [5.41, 5.74) is -0.230. The van der Waals surface area contributed by atoms with Crippen LogP contribution in [0.3, 0.4) is 0 Å². The van der Waals surface area contributed by atoms with Crippen molar-refractivity contribution in [2.24, 2.45) is 0 Å². The average molecular weight is 272 g/mol. The second-order valence-corrected chi connectivity index (χ2v) is 4.92. The van der Waals surface area contributed by atoms with E-state index >= 15 is 0 Å². The average Bonchev–Trinajstić information content (AvgIpc) is 3.19. The summed E-state index contributed by atoms with van der Waals surface area (Å²) in [4.78, 5) is 30.2. The summed E-state index contributed by atoms with van der Waals surface area (Å²) in [6.07, 6.45) is 7.62. The first kappa shape index (κ1) is 12.7. The topological polar surface area (TPSA) is 79.8 Å². The van der Waals surface area contributed by atoms with Gasteiger partial charge in [0, 0.05) is 37.6 Å². The molecule has 0 spiro atoms. The number of hydrogen-bond donors (Lipinski definition) is 2. The van der Waals surface area contributed by atoms with Crippen LogP contribution in [0.4, 0.5) is 0 Å². The van der Waals surface area contributed by atoms with Crippen molar-refractivity contribution in [2.75, 3.05) is 6.54 Å². The first-order valence-electron chi connectivity index (χ1n) is 6.72. The van der Waals surface area contributed by atoms with Gasteiger partial charge in [0.1, 0.15) is 11.4 Å². The minimum Gasteiger partial charge on any atom is -0.350 e. The highest BCUT2D eigenvalue weighted by molar-refractivity contribution is 5.93. The molecule has 1 fully saturated rings. The number of aromatic nitrogens is 3. The van der Waals surface area contributed by atoms with Crippen molar-refractivity contribution in [2.45, 2.75) is 25.3 Å². The van der Waals surface area contributed by atoms with E-state index in [9.17, 15) is 9.59 Å². The van der Waals surface area contributed by atoms with E-state index in [-0.39, 0.29) is 17.0 Å². The molecule has 2 heterocycles. The minimum absolute atomic E-state index is 0.139. The van der Waals surface area contributed by atoms with Crippen LogP contribution in [0, 0.1) is 0 Å². The van der Waals surface area contributed by atoms with Crippen LogP contribution in [0.15, 0.2) is 35.5 Å². The molecule has 20 heavy (non-hydrogen) atoms. The van der Waals surface area contributed by atoms with Gasteiger partial charge in [-0.15, -0.1) is 0 Å². The first-order valence-corrected chi connectivity index (χ1v) is 6.72. The maximum atomic E-state index is 11.9. The fourth-order valence-corrected chi connectivity index (χ4v) is 2.20. The van der Waals surface area contributed by atoms with Crippen LogP contribution < -0.4 is 10.9 Å². The van der Waals surface area contributed by atoms with E-state index in [2.05, 4.69) is 19.9 Å². The zero-order valence-corrected chi connectivity index (χ0v) is 11.0. The van der Waals surface area contributed by atoms with E-state index in [4.69, 9.17) is 0 Å². The Labute approximate surface area is 115 Å². The molecule has 0 aliphatic heterocycles. The van der Waals surface area contributed by atoms with E-state index in [1.54, 1.807) is 12.3 Å². The third-order valence-corrected chi connectivity index (χ3v) is 3.39. The number of carbonyl (C=O) groups is 1. The fourth-order valence-electron chi connectivity index (χ4n) is 2.20. The van der Waals surface area contributed by atoms with Crippen molar-refractivity contribution in [3.05, 3.63) is 52.5 Å². The molecule has 0 aromatic carbocycles. The molecule has 1 amide bonds. The van der Waals surface area contributed by atoms with Gasteiger partial charge in [-0.05, 0) is 25.0 Å². The van der Waals surface area contributed by atoms with E-state index in [1.165, 1.54) is 25.1 Å². The Bertz CT molecular complexity index is 670. The highest BCUT2D eigenvalue weighted by atomic mass is 16.2. The molecule has 0 radical (unpaired) electrons. The van der Waals surface area contributed by atoms with Gasteiger partial charge in [0.15, 0.2) is 0 Å². The van der Waals surface area contributed by atoms with E-state index < -0.39 is 0 Å². The molecule has 0 saturated heterocycles. The normalized spacial score (nSPS) is 14.2. The van der Waals surface area contributed by atoms with E-state index in [0.29, 0.717) is 19.0 Å². The molecule has 2 aromatic heterocycles. The summed E-state index contributed by atoms with van der Waals surface area (Å²) < 4.78 is 2.06. The minimum atomic E-state index is -0.369. The quantitative estimate of drug-likeness (QED) is 0.848. The summed E-state index contributed by atoms with van der Waals surface area (Å²) in [7, 11) is 0. The van der Waals surface area contributed by atoms with Gasteiger partial charge in [0.25, 0.3) is 11.5 Å². The van der Waals surface area contributed by atoms with Crippen molar-refractivity contribution in [3.8, 4) is 0 Å². The number of H-pyrrole nitrogens is 1. The number of amides is 1. The smallest absolute Gasteiger partial charge is 0.260 e. The summed E-state index contributed by atoms with van der Waals surface area (Å²) in [6, 6.07) is 3.15. The van der Waals surface area contributed by atoms with Crippen molar-refractivity contribution >= 4 is 5.91 Å². The Morgan fingerprint density at radius 1 is 1.50 bits per heavy atom. The molecular weight excluding hydrogens is 256 g/mol. The van der Waals surface area contributed by atoms with Gasteiger partial charge < -0.3 is 14.9 Å². The molecular formula is C14H16N4O2. The lowest BCUT2D eigenvalue weighted by molar-refractivity contribution is 0.0950. The number of hydrogen-bond acceptors (Lipinski definition) is 3. The number of nitrogens with one attached hydrogen (secondary N) is 2. The molecule has 6 nitrogen and oxygen atoms in total. The Morgan fingerprint density at radius 3 is 3.10 bits per heavy atom. The van der Waals surface area contributed by atoms with Crippen LogP contribution in [0.1, 0.15) is 34.9 Å². The Kier molecular flexibility index (Phi) is 3.37. The molecule has 1 aliphatic rings. The standard InChI is InChI=1S/C14H16N4O2/c19-13-11(2-1-5-16-13)14(20)17-7-9-18-8-6-15-12(18)10-3-4-10/h1-2,5-6,8,10H,3-4,7,9H2,(H,16,19)(H,17,20). The van der Waals surface area contributed by atoms with Gasteiger partial charge in [-0.25, -0.2) is 4.98 Å². The van der Waals surface area contributed by atoms with Crippen LogP contribution >= 0.6 is 0 Å². The SMILES string of the molecule is O=C(NCCn1ccnc1C1CC1)c1ccc[nH]c1=O. The summed E-state index contributed by atoms with van der Waals surface area (Å²) in [5, 5.41) is 2.76. The number of pyridine rings is 1. The van der Waals surface area contributed by atoms with Gasteiger partial charge in [-0.2, -0.15) is 0 Å². The summed E-state index contributed by atoms with van der Waals surface area (Å²) in [5.74, 6) is 1.33. The number of rotatable bonds is 5. The molecule has 1 aliphatic carbocycles. The predicted molar refractivity (Wildman–Crippen MR) is 73.6 cm³/mol. The van der Waals surface area contributed by atoms with Crippen LogP contribution in [0.2, 0.25) is 0 Å². The molecule has 2 aromatic rings. The maximum Gasteiger partial charge on any atom is 0.260 e. The van der Waals surface area contributed by atoms with Crippen LogP contribution in [-0.4, -0.2) is 27.0 Å². The van der Waals surface area contributed by atoms with Gasteiger partial charge in [-0.1, -0.05) is 0 Å². The molecule has 0 atom stereocenters. The first-order chi connectivity index (χ1) is 9.75. The summed E-state index contributed by atoms with van der Waals surface area (Å²) >= 11 is 0. The van der Waals surface area contributed by atoms with Gasteiger partial charge in [-0.3, -0.25) is 9.59 Å². The summed E-state index contributed by atoms with van der Waals surface area (Å²) in [6.45, 7) is 1.14. The molecule has 2 N–H and O–H groups in total. The molecule has 0 unspecified atom stereocenters. The monoisotopic (exact) mass is 272 g/mol. The Morgan fingerprint density at radius 2 is 2.35 bits per heavy atom. The largest absolute Gasteiger partial charge is 0.350 e. The predicted octanol–water partition coefficient (Wildman–Crippen LogP) is 0.879. The number of nitrogens with zero attached hydrogens (tertiary/aromatic N) is 2. The van der Waals surface area contributed by atoms with Crippen LogP contribution in [0.5, 0.6) is 0 Å². The highest BCUT2D eigenvalue weighted by Crippen LogP contribution is 2.38. The third-order valence-electron chi connectivity index (χ3n) is 3.39. The zero-order chi connectivity index (χ0) is 13.9. The number of carbonyl (C=O) groups excluding carboxylic acids is 1. The zero-order valence-electron chi connectivity index (χ0n) is 11.0. The number of imidazole rings is 1. The maximum absolute atomic E-state index is 11.9. The van der Waals surface area contributed by atoms with E-state index in [0.717, 1.165) is 5.82 Å². The van der Waals surface area contributed by atoms with Gasteiger partial charge >= 0.3 is 0 Å². The molecule has 104 valence electrons. The second kappa shape index (κ2) is 5.32. The molecule has 1 saturated carbocycles. The van der Waals surface area contributed by atoms with Gasteiger partial charge in [0.05, 0.1) is 0 Å². The van der Waals surface area contributed by atoms with E-state index in [1.807, 2.05) is 6.20 Å². The van der Waals surface area contributed by atoms with Crippen molar-refractivity contribution < 1.29 is 4.79 Å². The highest BCUT2D eigenvalue weighted by Gasteiger charge is 2.27.